The first-order valence-electron chi connectivity index (χ1n) is 4.92. The summed E-state index contributed by atoms with van der Waals surface area (Å²) in [7, 11) is 0. The molecule has 0 aliphatic heterocycles. The van der Waals surface area contributed by atoms with Gasteiger partial charge in [-0.15, -0.1) is 9.89 Å². The predicted molar refractivity (Wildman–Crippen MR) is 58.5 cm³/mol. The summed E-state index contributed by atoms with van der Waals surface area (Å²) >= 11 is 0. The first kappa shape index (κ1) is 8.84. The van der Waals surface area contributed by atoms with Crippen molar-refractivity contribution in [3.8, 4) is 11.4 Å². The summed E-state index contributed by atoms with van der Waals surface area (Å²) in [6.07, 6.45) is 3.78. The molecule has 0 aliphatic rings. The van der Waals surface area contributed by atoms with Gasteiger partial charge in [0.1, 0.15) is 0 Å². The Balaban J connectivity index is 2.14. The van der Waals surface area contributed by atoms with Gasteiger partial charge in [0.05, 0.1) is 0 Å². The van der Waals surface area contributed by atoms with Crippen LogP contribution < -0.4 is 0 Å². The highest BCUT2D eigenvalue weighted by Gasteiger charge is 2.08. The van der Waals surface area contributed by atoms with Gasteiger partial charge in [0.15, 0.2) is 0 Å². The van der Waals surface area contributed by atoms with E-state index in [1.165, 1.54) is 0 Å². The van der Waals surface area contributed by atoms with Gasteiger partial charge >= 0.3 is 0 Å². The Morgan fingerprint density at radius 3 is 2.38 bits per heavy atom. The van der Waals surface area contributed by atoms with Gasteiger partial charge in [0.2, 0.25) is 5.82 Å². The van der Waals surface area contributed by atoms with E-state index < -0.39 is 0 Å². The standard InChI is InChI=1S/C11H9N5/c1-2-6-10(7-3-1)11-12-13-14-16(11)15-8-4-5-9-15/h1-9H. The van der Waals surface area contributed by atoms with Crippen molar-refractivity contribution < 1.29 is 0 Å². The highest BCUT2D eigenvalue weighted by molar-refractivity contribution is 5.53. The molecule has 0 bridgehead atoms. The monoisotopic (exact) mass is 211 g/mol. The zero-order chi connectivity index (χ0) is 10.8. The lowest BCUT2D eigenvalue weighted by atomic mass is 10.2. The summed E-state index contributed by atoms with van der Waals surface area (Å²) in [4.78, 5) is 1.65. The Labute approximate surface area is 91.9 Å². The number of benzene rings is 1. The van der Waals surface area contributed by atoms with Crippen LogP contribution in [-0.2, 0) is 0 Å². The molecule has 0 fully saturated rings. The van der Waals surface area contributed by atoms with Crippen LogP contribution >= 0.6 is 0 Å². The molecular formula is C11H9N5. The molecule has 0 atom stereocenters. The highest BCUT2D eigenvalue weighted by Crippen LogP contribution is 2.14. The maximum Gasteiger partial charge on any atom is 0.205 e. The van der Waals surface area contributed by atoms with E-state index in [1.54, 1.807) is 4.79 Å². The molecule has 0 radical (unpaired) electrons. The number of tetrazole rings is 1. The van der Waals surface area contributed by atoms with Crippen molar-refractivity contribution in [3.05, 3.63) is 54.9 Å². The summed E-state index contributed by atoms with van der Waals surface area (Å²) < 4.78 is 1.82. The molecule has 0 N–H and O–H groups in total. The van der Waals surface area contributed by atoms with E-state index >= 15 is 0 Å². The van der Waals surface area contributed by atoms with E-state index in [-0.39, 0.29) is 0 Å². The normalized spacial score (nSPS) is 10.5. The number of nitrogens with zero attached hydrogens (tertiary/aromatic N) is 5. The number of rotatable bonds is 2. The number of aromatic nitrogens is 5. The largest absolute Gasteiger partial charge is 0.245 e. The SMILES string of the molecule is c1ccc(-c2nnnn2-n2cccc2)cc1. The van der Waals surface area contributed by atoms with Crippen molar-refractivity contribution in [1.29, 1.82) is 0 Å². The van der Waals surface area contributed by atoms with Gasteiger partial charge in [-0.1, -0.05) is 30.3 Å². The van der Waals surface area contributed by atoms with Crippen LogP contribution in [0.15, 0.2) is 54.9 Å². The average Bonchev–Trinajstić information content (AvgIpc) is 3.01. The van der Waals surface area contributed by atoms with Crippen molar-refractivity contribution in [3.63, 3.8) is 0 Å². The molecule has 0 spiro atoms. The molecule has 16 heavy (non-hydrogen) atoms. The quantitative estimate of drug-likeness (QED) is 0.644. The molecule has 0 saturated heterocycles. The molecule has 2 heterocycles. The third kappa shape index (κ3) is 1.38. The summed E-state index contributed by atoms with van der Waals surface area (Å²) in [5.41, 5.74) is 0.987. The van der Waals surface area contributed by atoms with Crippen LogP contribution in [-0.4, -0.2) is 25.0 Å². The second-order valence-electron chi connectivity index (χ2n) is 3.32. The topological polar surface area (TPSA) is 48.5 Å². The minimum atomic E-state index is 0.719. The molecule has 5 heteroatoms. The third-order valence-corrected chi connectivity index (χ3v) is 2.29. The van der Waals surface area contributed by atoms with Crippen molar-refractivity contribution in [1.82, 2.24) is 25.0 Å². The molecule has 0 unspecified atom stereocenters. The highest BCUT2D eigenvalue weighted by atomic mass is 15.7. The lowest BCUT2D eigenvalue weighted by Crippen LogP contribution is -2.10. The van der Waals surface area contributed by atoms with Crippen molar-refractivity contribution >= 4 is 0 Å². The summed E-state index contributed by atoms with van der Waals surface area (Å²) in [5.74, 6) is 0.719. The molecular weight excluding hydrogens is 202 g/mol. The maximum absolute atomic E-state index is 4.02. The molecule has 78 valence electrons. The second-order valence-corrected chi connectivity index (χ2v) is 3.32. The average molecular weight is 211 g/mol. The Kier molecular flexibility index (Phi) is 2.00. The van der Waals surface area contributed by atoms with Crippen LogP contribution in [0.3, 0.4) is 0 Å². The maximum atomic E-state index is 4.02. The Morgan fingerprint density at radius 2 is 1.62 bits per heavy atom. The molecule has 3 aromatic rings. The van der Waals surface area contributed by atoms with Crippen molar-refractivity contribution in [2.45, 2.75) is 0 Å². The number of hydrogen-bond acceptors (Lipinski definition) is 3. The van der Waals surface area contributed by atoms with E-state index in [4.69, 9.17) is 0 Å². The van der Waals surface area contributed by atoms with Crippen LogP contribution in [0.4, 0.5) is 0 Å². The molecule has 2 aromatic heterocycles. The van der Waals surface area contributed by atoms with Crippen LogP contribution in [0.5, 0.6) is 0 Å². The Hall–Kier alpha value is -2.43. The minimum Gasteiger partial charge on any atom is -0.245 e. The second kappa shape index (κ2) is 3.62. The predicted octanol–water partition coefficient (Wildman–Crippen LogP) is 1.45. The van der Waals surface area contributed by atoms with Gasteiger partial charge in [-0.05, 0) is 22.6 Å². The van der Waals surface area contributed by atoms with Gasteiger partial charge in [-0.2, -0.15) is 0 Å². The lowest BCUT2D eigenvalue weighted by molar-refractivity contribution is 0.558. The van der Waals surface area contributed by atoms with E-state index in [0.717, 1.165) is 11.4 Å². The summed E-state index contributed by atoms with van der Waals surface area (Å²) in [6.45, 7) is 0. The molecule has 5 nitrogen and oxygen atoms in total. The van der Waals surface area contributed by atoms with E-state index in [1.807, 2.05) is 59.5 Å². The van der Waals surface area contributed by atoms with Crippen LogP contribution in [0.25, 0.3) is 11.4 Å². The van der Waals surface area contributed by atoms with E-state index in [9.17, 15) is 0 Å². The molecule has 0 amide bonds. The Morgan fingerprint density at radius 1 is 0.875 bits per heavy atom. The summed E-state index contributed by atoms with van der Waals surface area (Å²) in [6, 6.07) is 13.7. The van der Waals surface area contributed by atoms with Gasteiger partial charge in [-0.25, -0.2) is 4.68 Å². The first-order chi connectivity index (χ1) is 7.95. The van der Waals surface area contributed by atoms with Gasteiger partial charge in [0, 0.05) is 18.0 Å². The molecule has 1 aromatic carbocycles. The van der Waals surface area contributed by atoms with E-state index in [2.05, 4.69) is 15.5 Å². The molecule has 3 rings (SSSR count). The van der Waals surface area contributed by atoms with Crippen molar-refractivity contribution in [2.75, 3.05) is 0 Å². The zero-order valence-electron chi connectivity index (χ0n) is 8.43. The smallest absolute Gasteiger partial charge is 0.205 e. The summed E-state index contributed by atoms with van der Waals surface area (Å²) in [5, 5.41) is 11.7. The first-order valence-corrected chi connectivity index (χ1v) is 4.92. The van der Waals surface area contributed by atoms with E-state index in [0.29, 0.717) is 0 Å². The van der Waals surface area contributed by atoms with Gasteiger partial charge in [-0.3, -0.25) is 0 Å². The minimum absolute atomic E-state index is 0.719. The van der Waals surface area contributed by atoms with Crippen LogP contribution in [0, 0.1) is 0 Å². The molecule has 0 saturated carbocycles. The van der Waals surface area contributed by atoms with Crippen molar-refractivity contribution in [2.24, 2.45) is 0 Å². The van der Waals surface area contributed by atoms with Gasteiger partial charge < -0.3 is 0 Å². The number of hydrogen-bond donors (Lipinski definition) is 0. The Bertz CT molecular complexity index is 567. The fourth-order valence-electron chi connectivity index (χ4n) is 1.55. The van der Waals surface area contributed by atoms with Gasteiger partial charge in [0.25, 0.3) is 0 Å². The lowest BCUT2D eigenvalue weighted by Gasteiger charge is -2.04. The van der Waals surface area contributed by atoms with Crippen LogP contribution in [0.1, 0.15) is 0 Å². The fourth-order valence-corrected chi connectivity index (χ4v) is 1.55. The molecule has 0 aliphatic carbocycles. The fraction of sp³-hybridized carbons (Fsp3) is 0. The van der Waals surface area contributed by atoms with Crippen LogP contribution in [0.2, 0.25) is 0 Å². The zero-order valence-corrected chi connectivity index (χ0v) is 8.43. The third-order valence-electron chi connectivity index (χ3n) is 2.29.